The maximum atomic E-state index is 11.8. The van der Waals surface area contributed by atoms with Crippen molar-refractivity contribution in [2.45, 2.75) is 11.2 Å². The van der Waals surface area contributed by atoms with Gasteiger partial charge in [0.15, 0.2) is 0 Å². The van der Waals surface area contributed by atoms with Crippen LogP contribution in [0, 0.1) is 0 Å². The van der Waals surface area contributed by atoms with Crippen LogP contribution in [0.15, 0.2) is 16.8 Å². The second kappa shape index (κ2) is 3.80. The summed E-state index contributed by atoms with van der Waals surface area (Å²) >= 11 is 5.09. The predicted molar refractivity (Wildman–Crippen MR) is 57.6 cm³/mol. The monoisotopic (exact) mass is 259 g/mol. The first-order valence-electron chi connectivity index (χ1n) is 4.23. The van der Waals surface area contributed by atoms with Gasteiger partial charge in [-0.05, 0) is 17.9 Å². The highest BCUT2D eigenvalue weighted by Crippen LogP contribution is 2.19. The molecule has 0 saturated carbocycles. The zero-order chi connectivity index (χ0) is 9.26. The Labute approximate surface area is 89.7 Å². The molecule has 0 spiro atoms. The second-order valence-electron chi connectivity index (χ2n) is 3.15. The van der Waals surface area contributed by atoms with Crippen molar-refractivity contribution in [1.82, 2.24) is 4.90 Å². The summed E-state index contributed by atoms with van der Waals surface area (Å²) in [5, 5.41) is 3.85. The summed E-state index contributed by atoms with van der Waals surface area (Å²) in [7, 11) is 0. The molecule has 1 aromatic rings. The lowest BCUT2D eigenvalue weighted by Gasteiger charge is -2.13. The fourth-order valence-corrected chi connectivity index (χ4v) is 2.65. The minimum absolute atomic E-state index is 0.170. The summed E-state index contributed by atoms with van der Waals surface area (Å²) in [4.78, 5) is 14.2. The van der Waals surface area contributed by atoms with Crippen molar-refractivity contribution in [2.75, 3.05) is 13.1 Å². The van der Waals surface area contributed by atoms with Gasteiger partial charge in [0.25, 0.3) is 5.91 Å². The number of halogens is 1. The van der Waals surface area contributed by atoms with Crippen molar-refractivity contribution in [3.8, 4) is 0 Å². The lowest BCUT2D eigenvalue weighted by atomic mass is 10.3. The Bertz CT molecular complexity index is 299. The molecule has 0 aliphatic carbocycles. The van der Waals surface area contributed by atoms with E-state index in [-0.39, 0.29) is 5.91 Å². The molecule has 2 nitrogen and oxygen atoms in total. The number of carbonyl (C=O) groups is 1. The van der Waals surface area contributed by atoms with E-state index in [1.54, 1.807) is 11.3 Å². The van der Waals surface area contributed by atoms with Crippen LogP contribution in [0.5, 0.6) is 0 Å². The molecule has 1 aliphatic heterocycles. The third kappa shape index (κ3) is 1.94. The van der Waals surface area contributed by atoms with E-state index in [9.17, 15) is 4.79 Å². The van der Waals surface area contributed by atoms with E-state index in [0.29, 0.717) is 4.83 Å². The minimum Gasteiger partial charge on any atom is -0.337 e. The second-order valence-corrected chi connectivity index (χ2v) is 5.22. The van der Waals surface area contributed by atoms with Crippen LogP contribution >= 0.6 is 27.3 Å². The van der Waals surface area contributed by atoms with Crippen molar-refractivity contribution < 1.29 is 4.79 Å². The van der Waals surface area contributed by atoms with Crippen LogP contribution in [-0.4, -0.2) is 28.7 Å². The van der Waals surface area contributed by atoms with Gasteiger partial charge in [-0.1, -0.05) is 15.9 Å². The highest BCUT2D eigenvalue weighted by molar-refractivity contribution is 9.09. The molecule has 70 valence electrons. The van der Waals surface area contributed by atoms with E-state index in [1.807, 2.05) is 21.7 Å². The summed E-state index contributed by atoms with van der Waals surface area (Å²) in [6, 6.07) is 1.88. The number of likely N-dealkylation sites (tertiary alicyclic amines) is 1. The third-order valence-electron chi connectivity index (χ3n) is 2.19. The van der Waals surface area contributed by atoms with Gasteiger partial charge in [0.2, 0.25) is 0 Å². The van der Waals surface area contributed by atoms with Crippen molar-refractivity contribution in [3.05, 3.63) is 22.4 Å². The SMILES string of the molecule is O=C(c1ccsc1)N1CCC(Br)C1. The average molecular weight is 260 g/mol. The van der Waals surface area contributed by atoms with Gasteiger partial charge in [0.05, 0.1) is 5.56 Å². The maximum absolute atomic E-state index is 11.8. The van der Waals surface area contributed by atoms with E-state index in [2.05, 4.69) is 15.9 Å². The Balaban J connectivity index is 2.06. The lowest BCUT2D eigenvalue weighted by molar-refractivity contribution is 0.0794. The Kier molecular flexibility index (Phi) is 2.69. The average Bonchev–Trinajstić information content (AvgIpc) is 2.72. The van der Waals surface area contributed by atoms with E-state index >= 15 is 0 Å². The zero-order valence-corrected chi connectivity index (χ0v) is 9.47. The normalized spacial score (nSPS) is 22.2. The molecule has 1 fully saturated rings. The Hall–Kier alpha value is -0.350. The standard InChI is InChI=1S/C9H10BrNOS/c10-8-1-3-11(5-8)9(12)7-2-4-13-6-7/h2,4,6,8H,1,3,5H2. The first-order chi connectivity index (χ1) is 6.27. The number of hydrogen-bond donors (Lipinski definition) is 0. The molecule has 1 unspecified atom stereocenters. The molecular formula is C9H10BrNOS. The highest BCUT2D eigenvalue weighted by atomic mass is 79.9. The molecule has 0 aromatic carbocycles. The van der Waals surface area contributed by atoms with Gasteiger partial charge in [0.1, 0.15) is 0 Å². The highest BCUT2D eigenvalue weighted by Gasteiger charge is 2.24. The summed E-state index contributed by atoms with van der Waals surface area (Å²) in [6.45, 7) is 1.72. The summed E-state index contributed by atoms with van der Waals surface area (Å²) in [6.07, 6.45) is 1.07. The first-order valence-corrected chi connectivity index (χ1v) is 6.09. The van der Waals surface area contributed by atoms with E-state index in [0.717, 1.165) is 25.1 Å². The molecule has 1 aromatic heterocycles. The molecule has 2 rings (SSSR count). The molecule has 1 aliphatic rings. The van der Waals surface area contributed by atoms with Gasteiger partial charge in [-0.25, -0.2) is 0 Å². The van der Waals surface area contributed by atoms with Gasteiger partial charge in [0, 0.05) is 23.3 Å². The van der Waals surface area contributed by atoms with Crippen molar-refractivity contribution >= 4 is 33.2 Å². The number of nitrogens with zero attached hydrogens (tertiary/aromatic N) is 1. The molecule has 1 amide bonds. The van der Waals surface area contributed by atoms with Crippen LogP contribution in [-0.2, 0) is 0 Å². The van der Waals surface area contributed by atoms with Crippen LogP contribution in [0.1, 0.15) is 16.8 Å². The predicted octanol–water partition coefficient (Wildman–Crippen LogP) is 2.36. The quantitative estimate of drug-likeness (QED) is 0.710. The number of carbonyl (C=O) groups excluding carboxylic acids is 1. The number of hydrogen-bond acceptors (Lipinski definition) is 2. The summed E-state index contributed by atoms with van der Waals surface area (Å²) in [5.74, 6) is 0.170. The smallest absolute Gasteiger partial charge is 0.254 e. The van der Waals surface area contributed by atoms with E-state index in [4.69, 9.17) is 0 Å². The lowest BCUT2D eigenvalue weighted by Crippen LogP contribution is -2.28. The van der Waals surface area contributed by atoms with Crippen LogP contribution in [0.4, 0.5) is 0 Å². The number of rotatable bonds is 1. The third-order valence-corrected chi connectivity index (χ3v) is 3.62. The van der Waals surface area contributed by atoms with Crippen molar-refractivity contribution in [2.24, 2.45) is 0 Å². The van der Waals surface area contributed by atoms with Gasteiger partial charge in [-0.15, -0.1) is 0 Å². The van der Waals surface area contributed by atoms with Crippen LogP contribution in [0.2, 0.25) is 0 Å². The van der Waals surface area contributed by atoms with Gasteiger partial charge >= 0.3 is 0 Å². The zero-order valence-electron chi connectivity index (χ0n) is 7.07. The topological polar surface area (TPSA) is 20.3 Å². The Morgan fingerprint density at radius 1 is 1.69 bits per heavy atom. The molecule has 1 atom stereocenters. The fraction of sp³-hybridized carbons (Fsp3) is 0.444. The molecule has 0 N–H and O–H groups in total. The maximum Gasteiger partial charge on any atom is 0.254 e. The van der Waals surface area contributed by atoms with Crippen molar-refractivity contribution in [3.63, 3.8) is 0 Å². The first kappa shape index (κ1) is 9.21. The molecular weight excluding hydrogens is 250 g/mol. The van der Waals surface area contributed by atoms with Gasteiger partial charge in [-0.3, -0.25) is 4.79 Å². The summed E-state index contributed by atoms with van der Waals surface area (Å²) < 4.78 is 0. The van der Waals surface area contributed by atoms with Gasteiger partial charge < -0.3 is 4.90 Å². The van der Waals surface area contributed by atoms with Gasteiger partial charge in [-0.2, -0.15) is 11.3 Å². The molecule has 0 bridgehead atoms. The molecule has 13 heavy (non-hydrogen) atoms. The number of amides is 1. The number of thiophene rings is 1. The van der Waals surface area contributed by atoms with E-state index in [1.165, 1.54) is 0 Å². The molecule has 0 radical (unpaired) electrons. The Morgan fingerprint density at radius 3 is 3.08 bits per heavy atom. The minimum atomic E-state index is 0.170. The summed E-state index contributed by atoms with van der Waals surface area (Å²) in [5.41, 5.74) is 0.826. The van der Waals surface area contributed by atoms with E-state index < -0.39 is 0 Å². The van der Waals surface area contributed by atoms with Crippen LogP contribution in [0.25, 0.3) is 0 Å². The van der Waals surface area contributed by atoms with Crippen LogP contribution < -0.4 is 0 Å². The molecule has 4 heteroatoms. The van der Waals surface area contributed by atoms with Crippen molar-refractivity contribution in [1.29, 1.82) is 0 Å². The fourth-order valence-electron chi connectivity index (χ4n) is 1.47. The molecule has 2 heterocycles. The largest absolute Gasteiger partial charge is 0.337 e. The molecule has 1 saturated heterocycles. The van der Waals surface area contributed by atoms with Crippen LogP contribution in [0.3, 0.4) is 0 Å². The Morgan fingerprint density at radius 2 is 2.54 bits per heavy atom. The number of alkyl halides is 1.